The smallest absolute Gasteiger partial charge is 0.135 e. The molecule has 4 heteroatoms. The number of fused-ring (bicyclic) bond motifs is 1. The molecule has 0 saturated heterocycles. The zero-order valence-electron chi connectivity index (χ0n) is 14.1. The van der Waals surface area contributed by atoms with E-state index in [0.717, 1.165) is 17.9 Å². The summed E-state index contributed by atoms with van der Waals surface area (Å²) in [5, 5.41) is 0. The monoisotopic (exact) mass is 320 g/mol. The van der Waals surface area contributed by atoms with Crippen LogP contribution in [0.4, 0.5) is 0 Å². The number of thioether (sulfide) groups is 1. The molecule has 0 bridgehead atoms. The van der Waals surface area contributed by atoms with Crippen LogP contribution in [0.3, 0.4) is 0 Å². The van der Waals surface area contributed by atoms with Crippen LogP contribution in [0.1, 0.15) is 51.8 Å². The number of nitrogens with zero attached hydrogens (tertiary/aromatic N) is 2. The fourth-order valence-corrected chi connectivity index (χ4v) is 3.45. The van der Waals surface area contributed by atoms with Crippen LogP contribution in [0.15, 0.2) is 23.1 Å². The summed E-state index contributed by atoms with van der Waals surface area (Å²) in [6.45, 7) is 6.09. The van der Waals surface area contributed by atoms with Gasteiger partial charge in [-0.2, -0.15) is 0 Å². The number of imidazole rings is 1. The van der Waals surface area contributed by atoms with E-state index in [1.165, 1.54) is 48.3 Å². The van der Waals surface area contributed by atoms with Crippen LogP contribution in [-0.2, 0) is 17.9 Å². The molecule has 1 aromatic carbocycles. The minimum Gasteiger partial charge on any atom is -0.377 e. The largest absolute Gasteiger partial charge is 0.377 e. The Morgan fingerprint density at radius 3 is 2.73 bits per heavy atom. The third kappa shape index (κ3) is 4.50. The van der Waals surface area contributed by atoms with E-state index in [0.29, 0.717) is 6.61 Å². The summed E-state index contributed by atoms with van der Waals surface area (Å²) in [4.78, 5) is 6.09. The van der Waals surface area contributed by atoms with Crippen LogP contribution in [0.25, 0.3) is 11.0 Å². The molecule has 0 unspecified atom stereocenters. The highest BCUT2D eigenvalue weighted by Gasteiger charge is 2.11. The van der Waals surface area contributed by atoms with Crippen molar-refractivity contribution < 1.29 is 4.74 Å². The highest BCUT2D eigenvalue weighted by molar-refractivity contribution is 7.99. The molecular formula is C18H28N2OS. The first-order valence-corrected chi connectivity index (χ1v) is 9.39. The fraction of sp³-hybridized carbons (Fsp3) is 0.611. The van der Waals surface area contributed by atoms with Gasteiger partial charge in [-0.25, -0.2) is 4.98 Å². The van der Waals surface area contributed by atoms with Gasteiger partial charge in [0.25, 0.3) is 0 Å². The maximum Gasteiger partial charge on any atom is 0.135 e. The fourth-order valence-electron chi connectivity index (χ4n) is 2.65. The molecular weight excluding hydrogens is 292 g/mol. The van der Waals surface area contributed by atoms with Gasteiger partial charge >= 0.3 is 0 Å². The van der Waals surface area contributed by atoms with Crippen LogP contribution in [0, 0.1) is 0 Å². The highest BCUT2D eigenvalue weighted by atomic mass is 32.2. The van der Waals surface area contributed by atoms with Gasteiger partial charge in [0.15, 0.2) is 0 Å². The molecule has 1 heterocycles. The van der Waals surface area contributed by atoms with Gasteiger partial charge in [-0.15, -0.1) is 11.8 Å². The van der Waals surface area contributed by atoms with E-state index in [4.69, 9.17) is 9.72 Å². The molecule has 1 aromatic heterocycles. The number of hydrogen-bond acceptors (Lipinski definition) is 3. The molecule has 2 aromatic rings. The van der Waals surface area contributed by atoms with Crippen molar-refractivity contribution in [2.75, 3.05) is 12.9 Å². The normalized spacial score (nSPS) is 11.4. The summed E-state index contributed by atoms with van der Waals surface area (Å²) in [6.07, 6.45) is 6.28. The number of aryl methyl sites for hydroxylation is 1. The van der Waals surface area contributed by atoms with Crippen molar-refractivity contribution in [3.05, 3.63) is 24.0 Å². The second-order valence-electron chi connectivity index (χ2n) is 5.67. The van der Waals surface area contributed by atoms with Crippen LogP contribution in [0.5, 0.6) is 0 Å². The summed E-state index contributed by atoms with van der Waals surface area (Å²) in [6, 6.07) is 6.63. The molecule has 0 radical (unpaired) electrons. The van der Waals surface area contributed by atoms with Crippen molar-refractivity contribution in [1.29, 1.82) is 0 Å². The Labute approximate surface area is 138 Å². The predicted octanol–water partition coefficient (Wildman–Crippen LogP) is 5.27. The molecule has 0 fully saturated rings. The Morgan fingerprint density at radius 2 is 2.00 bits per heavy atom. The number of ether oxygens (including phenoxy) is 1. The Bertz CT molecular complexity index is 580. The Balaban J connectivity index is 2.24. The maximum atomic E-state index is 5.33. The molecule has 2 rings (SSSR count). The van der Waals surface area contributed by atoms with Gasteiger partial charge in [0, 0.05) is 18.6 Å². The average Bonchev–Trinajstić information content (AvgIpc) is 2.87. The van der Waals surface area contributed by atoms with E-state index < -0.39 is 0 Å². The minimum absolute atomic E-state index is 0.583. The van der Waals surface area contributed by atoms with Crippen molar-refractivity contribution in [2.45, 2.75) is 64.0 Å². The Kier molecular flexibility index (Phi) is 7.26. The van der Waals surface area contributed by atoms with E-state index >= 15 is 0 Å². The first kappa shape index (κ1) is 17.4. The quantitative estimate of drug-likeness (QED) is 0.441. The predicted molar refractivity (Wildman–Crippen MR) is 95.6 cm³/mol. The molecule has 0 spiro atoms. The minimum atomic E-state index is 0.583. The third-order valence-electron chi connectivity index (χ3n) is 3.78. The molecule has 0 N–H and O–H groups in total. The van der Waals surface area contributed by atoms with Crippen LogP contribution in [0.2, 0.25) is 0 Å². The van der Waals surface area contributed by atoms with Gasteiger partial charge in [0.1, 0.15) is 12.4 Å². The molecule has 0 aliphatic rings. The molecule has 0 atom stereocenters. The first-order valence-electron chi connectivity index (χ1n) is 8.41. The van der Waals surface area contributed by atoms with Gasteiger partial charge in [-0.1, -0.05) is 33.1 Å². The van der Waals surface area contributed by atoms with Gasteiger partial charge in [0.05, 0.1) is 11.0 Å². The van der Waals surface area contributed by atoms with Crippen molar-refractivity contribution >= 4 is 22.8 Å². The molecule has 22 heavy (non-hydrogen) atoms. The Hall–Kier alpha value is -1.00. The van der Waals surface area contributed by atoms with Crippen molar-refractivity contribution in [3.8, 4) is 0 Å². The van der Waals surface area contributed by atoms with Gasteiger partial charge < -0.3 is 9.30 Å². The van der Waals surface area contributed by atoms with Crippen molar-refractivity contribution in [1.82, 2.24) is 9.55 Å². The second-order valence-corrected chi connectivity index (χ2v) is 6.84. The number of methoxy groups -OCH3 is 1. The second kappa shape index (κ2) is 9.21. The lowest BCUT2D eigenvalue weighted by molar-refractivity contribution is 0.174. The first-order chi connectivity index (χ1) is 10.8. The number of hydrogen-bond donors (Lipinski definition) is 0. The zero-order valence-corrected chi connectivity index (χ0v) is 14.9. The average molecular weight is 321 g/mol. The van der Waals surface area contributed by atoms with Gasteiger partial charge in [-0.3, -0.25) is 0 Å². The highest BCUT2D eigenvalue weighted by Crippen LogP contribution is 2.25. The maximum absolute atomic E-state index is 5.33. The Morgan fingerprint density at radius 1 is 1.14 bits per heavy atom. The molecule has 0 amide bonds. The van der Waals surface area contributed by atoms with Crippen molar-refractivity contribution in [3.63, 3.8) is 0 Å². The SMILES string of the molecule is CCCCCCn1c(COC)nc2ccc(SCCC)cc21. The standard InChI is InChI=1S/C18H28N2OS/c1-4-6-7-8-11-20-17-13-15(22-12-5-2)9-10-16(17)19-18(20)14-21-3/h9-10,13H,4-8,11-12,14H2,1-3H3. The lowest BCUT2D eigenvalue weighted by Gasteiger charge is -2.09. The summed E-state index contributed by atoms with van der Waals surface area (Å²) >= 11 is 1.93. The number of aromatic nitrogens is 2. The lowest BCUT2D eigenvalue weighted by Crippen LogP contribution is -2.05. The van der Waals surface area contributed by atoms with E-state index in [-0.39, 0.29) is 0 Å². The molecule has 0 aliphatic heterocycles. The summed E-state index contributed by atoms with van der Waals surface area (Å²) in [5.41, 5.74) is 2.34. The van der Waals surface area contributed by atoms with Crippen molar-refractivity contribution in [2.24, 2.45) is 0 Å². The summed E-state index contributed by atoms with van der Waals surface area (Å²) in [7, 11) is 1.74. The van der Waals surface area contributed by atoms with E-state index in [1.54, 1.807) is 7.11 Å². The van der Waals surface area contributed by atoms with E-state index in [1.807, 2.05) is 11.8 Å². The van der Waals surface area contributed by atoms with Crippen LogP contribution >= 0.6 is 11.8 Å². The summed E-state index contributed by atoms with van der Waals surface area (Å²) < 4.78 is 7.68. The molecule has 0 saturated carbocycles. The molecule has 3 nitrogen and oxygen atoms in total. The van der Waals surface area contributed by atoms with Gasteiger partial charge in [0.2, 0.25) is 0 Å². The zero-order chi connectivity index (χ0) is 15.8. The van der Waals surface area contributed by atoms with Crippen LogP contribution < -0.4 is 0 Å². The van der Waals surface area contributed by atoms with Crippen LogP contribution in [-0.4, -0.2) is 22.4 Å². The summed E-state index contributed by atoms with van der Waals surface area (Å²) in [5.74, 6) is 2.22. The topological polar surface area (TPSA) is 27.1 Å². The molecule has 0 aliphatic carbocycles. The van der Waals surface area contributed by atoms with E-state index in [9.17, 15) is 0 Å². The molecule has 122 valence electrons. The third-order valence-corrected chi connectivity index (χ3v) is 4.98. The number of benzene rings is 1. The van der Waals surface area contributed by atoms with E-state index in [2.05, 4.69) is 36.6 Å². The van der Waals surface area contributed by atoms with Gasteiger partial charge in [-0.05, 0) is 36.8 Å². The number of rotatable bonds is 10. The number of unbranched alkanes of at least 4 members (excludes halogenated alkanes) is 3. The lowest BCUT2D eigenvalue weighted by atomic mass is 10.2.